The van der Waals surface area contributed by atoms with Gasteiger partial charge in [0, 0.05) is 38.3 Å². The molecular formula is C19H32ClIN4O3S. The zero-order chi connectivity index (χ0) is 20.4. The SMILES string of the molecule is CCNC(=NCCS(=O)(=O)NCC1CCCCO1)N(C)Cc1cccc(Cl)c1.I. The van der Waals surface area contributed by atoms with Crippen LogP contribution < -0.4 is 10.0 Å². The summed E-state index contributed by atoms with van der Waals surface area (Å²) in [6.45, 7) is 4.52. The normalized spacial score (nSPS) is 17.5. The van der Waals surface area contributed by atoms with E-state index in [0.29, 0.717) is 37.2 Å². The number of halogens is 2. The molecular weight excluding hydrogens is 527 g/mol. The first-order chi connectivity index (χ1) is 13.4. The van der Waals surface area contributed by atoms with Gasteiger partial charge in [-0.25, -0.2) is 13.1 Å². The van der Waals surface area contributed by atoms with E-state index in [1.807, 2.05) is 43.1 Å². The molecule has 1 heterocycles. The lowest BCUT2D eigenvalue weighted by Gasteiger charge is -2.23. The summed E-state index contributed by atoms with van der Waals surface area (Å²) in [6.07, 6.45) is 3.02. The molecule has 166 valence electrons. The van der Waals surface area contributed by atoms with Crippen LogP contribution in [0.1, 0.15) is 31.7 Å². The van der Waals surface area contributed by atoms with E-state index in [0.717, 1.165) is 24.8 Å². The van der Waals surface area contributed by atoms with Gasteiger partial charge in [0.1, 0.15) is 0 Å². The summed E-state index contributed by atoms with van der Waals surface area (Å²) in [5.41, 5.74) is 1.06. The maximum Gasteiger partial charge on any atom is 0.213 e. The third kappa shape index (κ3) is 10.3. The van der Waals surface area contributed by atoms with Gasteiger partial charge in [-0.3, -0.25) is 4.99 Å². The van der Waals surface area contributed by atoms with Gasteiger partial charge >= 0.3 is 0 Å². The number of hydrogen-bond donors (Lipinski definition) is 2. The van der Waals surface area contributed by atoms with Crippen molar-refractivity contribution in [3.05, 3.63) is 34.9 Å². The molecule has 2 rings (SSSR count). The molecule has 0 amide bonds. The van der Waals surface area contributed by atoms with E-state index in [1.54, 1.807) is 0 Å². The van der Waals surface area contributed by atoms with E-state index in [4.69, 9.17) is 16.3 Å². The molecule has 2 N–H and O–H groups in total. The van der Waals surface area contributed by atoms with Gasteiger partial charge < -0.3 is 15.0 Å². The molecule has 0 spiro atoms. The van der Waals surface area contributed by atoms with E-state index < -0.39 is 10.0 Å². The van der Waals surface area contributed by atoms with Gasteiger partial charge in [-0.15, -0.1) is 24.0 Å². The molecule has 1 aliphatic heterocycles. The molecule has 10 heteroatoms. The van der Waals surface area contributed by atoms with E-state index in [-0.39, 0.29) is 42.4 Å². The highest BCUT2D eigenvalue weighted by Gasteiger charge is 2.17. The second-order valence-electron chi connectivity index (χ2n) is 6.88. The smallest absolute Gasteiger partial charge is 0.213 e. The fourth-order valence-electron chi connectivity index (χ4n) is 2.99. The number of nitrogens with zero attached hydrogens (tertiary/aromatic N) is 2. The maximum atomic E-state index is 12.2. The molecule has 0 aromatic heterocycles. The van der Waals surface area contributed by atoms with Crippen molar-refractivity contribution < 1.29 is 13.2 Å². The van der Waals surface area contributed by atoms with E-state index in [1.165, 1.54) is 0 Å². The van der Waals surface area contributed by atoms with Gasteiger partial charge in [0.05, 0.1) is 18.4 Å². The zero-order valence-corrected chi connectivity index (χ0v) is 21.0. The number of nitrogens with one attached hydrogen (secondary N) is 2. The Kier molecular flexibility index (Phi) is 12.4. The zero-order valence-electron chi connectivity index (χ0n) is 17.1. The van der Waals surface area contributed by atoms with Gasteiger partial charge in [-0.2, -0.15) is 0 Å². The molecule has 1 saturated heterocycles. The van der Waals surface area contributed by atoms with Crippen LogP contribution in [0.25, 0.3) is 0 Å². The molecule has 1 atom stereocenters. The van der Waals surface area contributed by atoms with Crippen LogP contribution in [0.5, 0.6) is 0 Å². The minimum atomic E-state index is -3.38. The topological polar surface area (TPSA) is 83.0 Å². The summed E-state index contributed by atoms with van der Waals surface area (Å²) < 4.78 is 32.7. The van der Waals surface area contributed by atoms with Crippen LogP contribution in [0, 0.1) is 0 Å². The maximum absolute atomic E-state index is 12.2. The molecule has 0 bridgehead atoms. The summed E-state index contributed by atoms with van der Waals surface area (Å²) in [4.78, 5) is 6.41. The Morgan fingerprint density at radius 2 is 2.17 bits per heavy atom. The van der Waals surface area contributed by atoms with Crippen molar-refractivity contribution in [1.82, 2.24) is 14.9 Å². The first-order valence-corrected chi connectivity index (χ1v) is 11.8. The van der Waals surface area contributed by atoms with Crippen LogP contribution in [-0.2, 0) is 21.3 Å². The van der Waals surface area contributed by atoms with Gasteiger partial charge in [0.25, 0.3) is 0 Å². The number of ether oxygens (including phenoxy) is 1. The largest absolute Gasteiger partial charge is 0.377 e. The van der Waals surface area contributed by atoms with Crippen molar-refractivity contribution in [3.63, 3.8) is 0 Å². The molecule has 1 fully saturated rings. The minimum absolute atomic E-state index is 0. The highest BCUT2D eigenvalue weighted by atomic mass is 127. The molecule has 29 heavy (non-hydrogen) atoms. The Morgan fingerprint density at radius 3 is 2.83 bits per heavy atom. The second kappa shape index (κ2) is 13.6. The predicted molar refractivity (Wildman–Crippen MR) is 130 cm³/mol. The highest BCUT2D eigenvalue weighted by molar-refractivity contribution is 14.0. The van der Waals surface area contributed by atoms with Crippen molar-refractivity contribution in [2.24, 2.45) is 4.99 Å². The summed E-state index contributed by atoms with van der Waals surface area (Å²) in [5, 5.41) is 3.88. The van der Waals surface area contributed by atoms with Crippen LogP contribution >= 0.6 is 35.6 Å². The van der Waals surface area contributed by atoms with Crippen molar-refractivity contribution in [2.45, 2.75) is 38.8 Å². The first kappa shape index (κ1) is 26.4. The summed E-state index contributed by atoms with van der Waals surface area (Å²) in [6, 6.07) is 7.64. The third-order valence-corrected chi connectivity index (χ3v) is 5.99. The number of aliphatic imine (C=N–C) groups is 1. The molecule has 0 saturated carbocycles. The Hall–Kier alpha value is -0.620. The molecule has 0 aliphatic carbocycles. The van der Waals surface area contributed by atoms with Gasteiger partial charge in [0.2, 0.25) is 10.0 Å². The van der Waals surface area contributed by atoms with Crippen LogP contribution in [-0.4, -0.2) is 64.4 Å². The number of guanidine groups is 1. The van der Waals surface area contributed by atoms with Crippen molar-refractivity contribution in [3.8, 4) is 0 Å². The highest BCUT2D eigenvalue weighted by Crippen LogP contribution is 2.13. The molecule has 1 aromatic carbocycles. The van der Waals surface area contributed by atoms with Gasteiger partial charge in [-0.05, 0) is 43.9 Å². The van der Waals surface area contributed by atoms with Crippen molar-refractivity contribution in [1.29, 1.82) is 0 Å². The summed E-state index contributed by atoms with van der Waals surface area (Å²) >= 11 is 6.04. The first-order valence-electron chi connectivity index (χ1n) is 9.72. The Balaban J connectivity index is 0.00000420. The quantitative estimate of drug-likeness (QED) is 0.277. The lowest BCUT2D eigenvalue weighted by Crippen LogP contribution is -2.39. The summed E-state index contributed by atoms with van der Waals surface area (Å²) in [7, 11) is -1.47. The lowest BCUT2D eigenvalue weighted by atomic mass is 10.1. The molecule has 1 unspecified atom stereocenters. The number of rotatable bonds is 9. The van der Waals surface area contributed by atoms with E-state index in [9.17, 15) is 8.42 Å². The number of hydrogen-bond acceptors (Lipinski definition) is 4. The van der Waals surface area contributed by atoms with Crippen molar-refractivity contribution in [2.75, 3.05) is 39.0 Å². The Labute approximate surface area is 196 Å². The van der Waals surface area contributed by atoms with Crippen LogP contribution in [0.2, 0.25) is 5.02 Å². The fourth-order valence-corrected chi connectivity index (χ4v) is 4.11. The summed E-state index contributed by atoms with van der Waals surface area (Å²) in [5.74, 6) is 0.605. The van der Waals surface area contributed by atoms with E-state index in [2.05, 4.69) is 15.0 Å². The van der Waals surface area contributed by atoms with Crippen LogP contribution in [0.4, 0.5) is 0 Å². The Bertz CT molecular complexity index is 743. The molecule has 7 nitrogen and oxygen atoms in total. The average molecular weight is 559 g/mol. The Morgan fingerprint density at radius 1 is 1.38 bits per heavy atom. The van der Waals surface area contributed by atoms with Gasteiger partial charge in [-0.1, -0.05) is 23.7 Å². The molecule has 1 aromatic rings. The van der Waals surface area contributed by atoms with Gasteiger partial charge in [0.15, 0.2) is 5.96 Å². The minimum Gasteiger partial charge on any atom is -0.377 e. The van der Waals surface area contributed by atoms with Crippen LogP contribution in [0.15, 0.2) is 29.3 Å². The predicted octanol–water partition coefficient (Wildman–Crippen LogP) is 2.84. The molecule has 1 aliphatic rings. The standard InChI is InChI=1S/C19H31ClN4O3S.HI/c1-3-21-19(24(2)15-16-7-6-8-17(20)13-16)22-10-12-28(25,26)23-14-18-9-4-5-11-27-18;/h6-8,13,18,23H,3-5,9-12,14-15H2,1-2H3,(H,21,22);1H. The molecule has 0 radical (unpaired) electrons. The fraction of sp³-hybridized carbons (Fsp3) is 0.632. The van der Waals surface area contributed by atoms with Crippen LogP contribution in [0.3, 0.4) is 0 Å². The average Bonchev–Trinajstić information content (AvgIpc) is 2.66. The number of benzene rings is 1. The third-order valence-electron chi connectivity index (χ3n) is 4.43. The lowest BCUT2D eigenvalue weighted by molar-refractivity contribution is 0.0200. The van der Waals surface area contributed by atoms with Crippen molar-refractivity contribution >= 4 is 51.6 Å². The van der Waals surface area contributed by atoms with E-state index >= 15 is 0 Å². The second-order valence-corrected chi connectivity index (χ2v) is 9.24. The monoisotopic (exact) mass is 558 g/mol. The number of sulfonamides is 1.